The molecule has 0 bridgehead atoms. The molecular weight excluding hydrogens is 228 g/mol. The molecule has 2 N–H and O–H groups in total. The van der Waals surface area contributed by atoms with Gasteiger partial charge in [0.25, 0.3) is 5.91 Å². The topological polar surface area (TPSA) is 58.2 Å². The van der Waals surface area contributed by atoms with E-state index in [1.165, 1.54) is 0 Å². The van der Waals surface area contributed by atoms with Gasteiger partial charge in [-0.25, -0.2) is 0 Å². The van der Waals surface area contributed by atoms with Crippen LogP contribution in [0.1, 0.15) is 38.1 Å². The van der Waals surface area contributed by atoms with Gasteiger partial charge in [-0.3, -0.25) is 4.79 Å². The Labute approximate surface area is 110 Å². The monoisotopic (exact) mass is 252 g/mol. The lowest BCUT2D eigenvalue weighted by atomic mass is 10.1. The molecule has 0 saturated heterocycles. The van der Waals surface area contributed by atoms with Gasteiger partial charge in [0.1, 0.15) is 6.29 Å². The molecule has 0 radical (unpaired) electrons. The maximum absolute atomic E-state index is 11.5. The molecule has 0 heterocycles. The third kappa shape index (κ3) is 6.68. The summed E-state index contributed by atoms with van der Waals surface area (Å²) >= 11 is 0. The first-order valence-corrected chi connectivity index (χ1v) is 6.28. The van der Waals surface area contributed by atoms with Gasteiger partial charge < -0.3 is 15.4 Å². The van der Waals surface area contributed by atoms with Crippen LogP contribution in [0.15, 0.2) is 24.3 Å². The van der Waals surface area contributed by atoms with Crippen molar-refractivity contribution in [2.24, 2.45) is 0 Å². The Hall–Kier alpha value is -1.84. The van der Waals surface area contributed by atoms with Crippen LogP contribution in [0.2, 0.25) is 0 Å². The van der Waals surface area contributed by atoms with Crippen LogP contribution in [0.5, 0.6) is 0 Å². The first-order valence-electron chi connectivity index (χ1n) is 6.28. The third-order valence-electron chi connectivity index (χ3n) is 1.79. The number of anilines is 1. The zero-order valence-electron chi connectivity index (χ0n) is 11.9. The van der Waals surface area contributed by atoms with E-state index in [1.807, 2.05) is 33.8 Å². The molecule has 0 aliphatic rings. The minimum Gasteiger partial charge on any atom is -0.387 e. The summed E-state index contributed by atoms with van der Waals surface area (Å²) in [6, 6.07) is 7.11. The molecule has 1 aromatic carbocycles. The van der Waals surface area contributed by atoms with Crippen LogP contribution in [0.4, 0.5) is 5.69 Å². The van der Waals surface area contributed by atoms with E-state index in [1.54, 1.807) is 25.2 Å². The summed E-state index contributed by atoms with van der Waals surface area (Å²) < 4.78 is 0. The number of para-hydroxylation sites is 1. The van der Waals surface area contributed by atoms with Gasteiger partial charge >= 0.3 is 0 Å². The number of carbonyl (C=O) groups excluding carboxylic acids is 2. The number of aldehydes is 1. The third-order valence-corrected chi connectivity index (χ3v) is 1.79. The Morgan fingerprint density at radius 3 is 2.22 bits per heavy atom. The van der Waals surface area contributed by atoms with Crippen LogP contribution in [0.3, 0.4) is 0 Å². The van der Waals surface area contributed by atoms with Gasteiger partial charge in [0, 0.05) is 12.7 Å². The van der Waals surface area contributed by atoms with E-state index in [-0.39, 0.29) is 12.5 Å². The molecule has 0 spiro atoms. The molecule has 0 fully saturated rings. The fourth-order valence-electron chi connectivity index (χ4n) is 1.13. The van der Waals surface area contributed by atoms with Gasteiger partial charge in [-0.05, 0) is 12.1 Å². The molecule has 18 heavy (non-hydrogen) atoms. The van der Waals surface area contributed by atoms with Crippen molar-refractivity contribution >= 4 is 17.9 Å². The second kappa shape index (κ2) is 13.2. The van der Waals surface area contributed by atoms with Gasteiger partial charge in [0.05, 0.1) is 12.1 Å². The first-order chi connectivity index (χ1) is 8.79. The fourth-order valence-corrected chi connectivity index (χ4v) is 1.13. The molecule has 102 valence electrons. The molecule has 0 saturated carbocycles. The molecule has 0 atom stereocenters. The Morgan fingerprint density at radius 1 is 1.17 bits per heavy atom. The summed E-state index contributed by atoms with van der Waals surface area (Å²) in [6.45, 7) is 8.04. The average Bonchev–Trinajstić information content (AvgIpc) is 2.48. The fraction of sp³-hybridized carbons (Fsp3) is 0.429. The molecule has 4 nitrogen and oxygen atoms in total. The molecule has 4 heteroatoms. The zero-order valence-corrected chi connectivity index (χ0v) is 11.9. The molecular formula is C14H24N2O2. The van der Waals surface area contributed by atoms with Gasteiger partial charge in [0.15, 0.2) is 0 Å². The highest BCUT2D eigenvalue weighted by Gasteiger charge is 2.08. The van der Waals surface area contributed by atoms with Crippen molar-refractivity contribution in [1.82, 2.24) is 5.32 Å². The van der Waals surface area contributed by atoms with Gasteiger partial charge in [-0.1, -0.05) is 39.8 Å². The van der Waals surface area contributed by atoms with Crippen molar-refractivity contribution in [2.75, 3.05) is 18.9 Å². The molecule has 1 amide bonds. The van der Waals surface area contributed by atoms with Crippen molar-refractivity contribution in [1.29, 1.82) is 0 Å². The Bertz CT molecular complexity index is 338. The smallest absolute Gasteiger partial charge is 0.253 e. The Kier molecular flexibility index (Phi) is 13.6. The van der Waals surface area contributed by atoms with E-state index in [9.17, 15) is 9.59 Å². The second-order valence-corrected chi connectivity index (χ2v) is 2.67. The molecule has 0 aliphatic heterocycles. The minimum absolute atomic E-state index is 0.0386. The highest BCUT2D eigenvalue weighted by Crippen LogP contribution is 2.13. The van der Waals surface area contributed by atoms with Crippen LogP contribution in [-0.4, -0.2) is 25.8 Å². The maximum atomic E-state index is 11.5. The van der Waals surface area contributed by atoms with Gasteiger partial charge in [0.2, 0.25) is 0 Å². The van der Waals surface area contributed by atoms with Crippen molar-refractivity contribution in [3.63, 3.8) is 0 Å². The lowest BCUT2D eigenvalue weighted by Gasteiger charge is -2.07. The number of hydrogen-bond donors (Lipinski definition) is 2. The maximum Gasteiger partial charge on any atom is 0.253 e. The number of rotatable bonds is 4. The Morgan fingerprint density at radius 2 is 1.72 bits per heavy atom. The molecule has 0 aromatic heterocycles. The summed E-state index contributed by atoms with van der Waals surface area (Å²) in [5, 5.41) is 5.38. The lowest BCUT2D eigenvalue weighted by molar-refractivity contribution is -0.107. The van der Waals surface area contributed by atoms with Crippen molar-refractivity contribution in [2.45, 2.75) is 27.7 Å². The number of hydrogen-bond acceptors (Lipinski definition) is 3. The van der Waals surface area contributed by atoms with Crippen LogP contribution in [-0.2, 0) is 4.79 Å². The van der Waals surface area contributed by atoms with Crippen molar-refractivity contribution in [3.05, 3.63) is 29.8 Å². The molecule has 0 unspecified atom stereocenters. The van der Waals surface area contributed by atoms with Gasteiger partial charge in [-0.15, -0.1) is 0 Å². The summed E-state index contributed by atoms with van der Waals surface area (Å²) in [5.41, 5.74) is 1.28. The number of amides is 1. The largest absolute Gasteiger partial charge is 0.387 e. The van der Waals surface area contributed by atoms with Crippen LogP contribution < -0.4 is 10.6 Å². The predicted octanol–water partition coefficient (Wildman–Crippen LogP) is 2.71. The molecule has 0 aliphatic carbocycles. The van der Waals surface area contributed by atoms with Crippen LogP contribution in [0.25, 0.3) is 0 Å². The van der Waals surface area contributed by atoms with E-state index in [4.69, 9.17) is 0 Å². The van der Waals surface area contributed by atoms with E-state index in [0.717, 1.165) is 5.69 Å². The highest BCUT2D eigenvalue weighted by atomic mass is 16.2. The predicted molar refractivity (Wildman–Crippen MR) is 77.1 cm³/mol. The quantitative estimate of drug-likeness (QED) is 0.810. The summed E-state index contributed by atoms with van der Waals surface area (Å²) in [4.78, 5) is 21.5. The van der Waals surface area contributed by atoms with E-state index >= 15 is 0 Å². The summed E-state index contributed by atoms with van der Waals surface area (Å²) in [6.07, 6.45) is 0.653. The first kappa shape index (κ1) is 18.5. The van der Waals surface area contributed by atoms with Crippen molar-refractivity contribution in [3.8, 4) is 0 Å². The number of nitrogens with one attached hydrogen (secondary N) is 2. The normalized spacial score (nSPS) is 7.83. The number of benzene rings is 1. The van der Waals surface area contributed by atoms with E-state index in [0.29, 0.717) is 11.8 Å². The zero-order chi connectivity index (χ0) is 14.4. The summed E-state index contributed by atoms with van der Waals surface area (Å²) in [5.74, 6) is -0.248. The minimum atomic E-state index is -0.248. The van der Waals surface area contributed by atoms with Crippen molar-refractivity contribution < 1.29 is 9.59 Å². The Balaban J connectivity index is 0. The van der Waals surface area contributed by atoms with Gasteiger partial charge in [-0.2, -0.15) is 0 Å². The lowest BCUT2D eigenvalue weighted by Crippen LogP contribution is -2.25. The average molecular weight is 252 g/mol. The van der Waals surface area contributed by atoms with E-state index < -0.39 is 0 Å². The standard InChI is InChI=1S/C10H12N2O2.2C2H6/c1-11-9-5-3-2-4-8(9)10(14)12-6-7-13;2*1-2/h2-5,7,11H,6H2,1H3,(H,12,14);2*1-2H3. The van der Waals surface area contributed by atoms with Crippen LogP contribution in [0, 0.1) is 0 Å². The van der Waals surface area contributed by atoms with E-state index in [2.05, 4.69) is 10.6 Å². The van der Waals surface area contributed by atoms with Crippen LogP contribution >= 0.6 is 0 Å². The highest BCUT2D eigenvalue weighted by molar-refractivity contribution is 6.00. The summed E-state index contributed by atoms with van der Waals surface area (Å²) in [7, 11) is 1.74. The second-order valence-electron chi connectivity index (χ2n) is 2.67. The molecule has 1 rings (SSSR count). The SMILES string of the molecule is CC.CC.CNc1ccccc1C(=O)NCC=O. The molecule has 1 aromatic rings. The number of carbonyl (C=O) groups is 2.